The van der Waals surface area contributed by atoms with Gasteiger partial charge < -0.3 is 0 Å². The van der Waals surface area contributed by atoms with E-state index in [1.54, 1.807) is 0 Å². The van der Waals surface area contributed by atoms with E-state index in [1.807, 2.05) is 12.3 Å². The molecule has 6 aromatic rings. The van der Waals surface area contributed by atoms with Gasteiger partial charge in [-0.15, -0.1) is 0 Å². The van der Waals surface area contributed by atoms with Gasteiger partial charge in [0.25, 0.3) is 0 Å². The Balaban J connectivity index is 1.29. The molecule has 44 heavy (non-hydrogen) atoms. The lowest BCUT2D eigenvalue weighted by Crippen LogP contribution is -2.38. The second kappa shape index (κ2) is 8.84. The molecule has 0 saturated carbocycles. The van der Waals surface area contributed by atoms with Gasteiger partial charge >= 0.3 is 0 Å². The monoisotopic (exact) mass is 560 g/mol. The van der Waals surface area contributed by atoms with Crippen LogP contribution in [0.15, 0.2) is 151 Å². The third-order valence-electron chi connectivity index (χ3n) is 10.4. The second-order valence-corrected chi connectivity index (χ2v) is 12.4. The number of hydrogen-bond donors (Lipinski definition) is 0. The van der Waals surface area contributed by atoms with Crippen molar-refractivity contribution >= 4 is 38.2 Å². The fraction of sp³-hybridized carbons (Fsp3) is 0.0952. The quantitative estimate of drug-likeness (QED) is 0.187. The molecule has 0 saturated heterocycles. The average molecular weight is 561 g/mol. The lowest BCUT2D eigenvalue weighted by atomic mass is 9.57. The predicted molar refractivity (Wildman–Crippen MR) is 182 cm³/mol. The highest BCUT2D eigenvalue weighted by molar-refractivity contribution is 6.04. The molecule has 0 fully saturated rings. The van der Waals surface area contributed by atoms with Crippen molar-refractivity contribution in [1.29, 1.82) is 0 Å². The molecule has 0 radical (unpaired) electrons. The van der Waals surface area contributed by atoms with Crippen molar-refractivity contribution in [3.63, 3.8) is 0 Å². The zero-order chi connectivity index (χ0) is 28.8. The fourth-order valence-electron chi connectivity index (χ4n) is 8.70. The number of rotatable bonds is 1. The molecule has 3 unspecified atom stereocenters. The number of benzene rings is 4. The smallest absolute Gasteiger partial charge is 0.0972 e. The molecule has 206 valence electrons. The number of nitrogens with zero attached hydrogens (tertiary/aromatic N) is 2. The summed E-state index contributed by atoms with van der Waals surface area (Å²) in [6.45, 7) is 0. The number of aromatic nitrogens is 2. The van der Waals surface area contributed by atoms with E-state index in [1.165, 1.54) is 44.2 Å². The first-order chi connectivity index (χ1) is 21.8. The van der Waals surface area contributed by atoms with Gasteiger partial charge in [-0.2, -0.15) is 0 Å². The Morgan fingerprint density at radius 3 is 2.48 bits per heavy atom. The van der Waals surface area contributed by atoms with Crippen LogP contribution in [0.4, 0.5) is 0 Å². The minimum absolute atomic E-state index is 0.280. The van der Waals surface area contributed by atoms with Gasteiger partial charge in [0, 0.05) is 34.4 Å². The Labute approximate surface area is 256 Å². The van der Waals surface area contributed by atoms with Crippen molar-refractivity contribution in [3.05, 3.63) is 174 Å². The second-order valence-electron chi connectivity index (χ2n) is 12.4. The number of hydrogen-bond acceptors (Lipinski definition) is 2. The fourth-order valence-corrected chi connectivity index (χ4v) is 8.70. The van der Waals surface area contributed by atoms with Crippen molar-refractivity contribution in [2.75, 3.05) is 0 Å². The maximum atomic E-state index is 5.27. The molecule has 10 rings (SSSR count). The van der Waals surface area contributed by atoms with E-state index in [0.29, 0.717) is 5.92 Å². The summed E-state index contributed by atoms with van der Waals surface area (Å²) in [5.41, 5.74) is 12.2. The van der Waals surface area contributed by atoms with Crippen molar-refractivity contribution < 1.29 is 0 Å². The van der Waals surface area contributed by atoms with Crippen LogP contribution in [0, 0.1) is 5.92 Å². The van der Waals surface area contributed by atoms with Gasteiger partial charge in [0.2, 0.25) is 0 Å². The summed E-state index contributed by atoms with van der Waals surface area (Å²) in [5.74, 6) is 0.586. The van der Waals surface area contributed by atoms with Crippen molar-refractivity contribution in [2.24, 2.45) is 5.92 Å². The van der Waals surface area contributed by atoms with Crippen LogP contribution in [0.3, 0.4) is 0 Å². The highest BCUT2D eigenvalue weighted by atomic mass is 14.8. The number of allylic oxidation sites excluding steroid dienone is 10. The zero-order valence-electron chi connectivity index (χ0n) is 24.1. The summed E-state index contributed by atoms with van der Waals surface area (Å²) in [4.78, 5) is 9.99. The van der Waals surface area contributed by atoms with Crippen LogP contribution in [0.1, 0.15) is 34.6 Å². The topological polar surface area (TPSA) is 25.8 Å². The predicted octanol–water partition coefficient (Wildman–Crippen LogP) is 10.0. The van der Waals surface area contributed by atoms with Crippen LogP contribution in [0.2, 0.25) is 0 Å². The van der Waals surface area contributed by atoms with Gasteiger partial charge in [0.1, 0.15) is 0 Å². The lowest BCUT2D eigenvalue weighted by molar-refractivity contribution is 0.457. The molecule has 4 aliphatic rings. The minimum atomic E-state index is -0.311. The van der Waals surface area contributed by atoms with Crippen LogP contribution in [0.25, 0.3) is 49.4 Å². The minimum Gasteiger partial charge on any atom is -0.254 e. The number of pyridine rings is 2. The van der Waals surface area contributed by atoms with E-state index in [-0.39, 0.29) is 11.3 Å². The third-order valence-corrected chi connectivity index (χ3v) is 10.4. The maximum Gasteiger partial charge on any atom is 0.0972 e. The number of fused-ring (bicyclic) bond motifs is 11. The molecule has 4 aliphatic carbocycles. The third kappa shape index (κ3) is 3.05. The molecular weight excluding hydrogens is 532 g/mol. The Hall–Kier alpha value is -5.34. The van der Waals surface area contributed by atoms with Gasteiger partial charge in [-0.05, 0) is 68.8 Å². The average Bonchev–Trinajstić information content (AvgIpc) is 3.19. The van der Waals surface area contributed by atoms with Crippen LogP contribution in [0.5, 0.6) is 0 Å². The molecule has 0 bridgehead atoms. The largest absolute Gasteiger partial charge is 0.254 e. The summed E-state index contributed by atoms with van der Waals surface area (Å²) in [5, 5.41) is 4.94. The molecule has 0 amide bonds. The first-order valence-electron chi connectivity index (χ1n) is 15.6. The van der Waals surface area contributed by atoms with Gasteiger partial charge in [0.05, 0.1) is 22.1 Å². The van der Waals surface area contributed by atoms with Crippen molar-refractivity contribution in [2.45, 2.75) is 17.8 Å². The molecule has 3 atom stereocenters. The lowest BCUT2D eigenvalue weighted by Gasteiger charge is -2.44. The summed E-state index contributed by atoms with van der Waals surface area (Å²) in [6.07, 6.45) is 21.4. The summed E-state index contributed by atoms with van der Waals surface area (Å²) >= 11 is 0. The Bertz CT molecular complexity index is 2380. The van der Waals surface area contributed by atoms with Crippen LogP contribution < -0.4 is 0 Å². The standard InChI is InChI=1S/C42H28N2/c1-2-12-31-33-14-6-9-26-10-7-17-36(39(26)33)42(35(31)15-3-1)34-16-5-4-13-30(34)32-22-20-29(25-37(32)42)38-23-21-28-19-18-27-11-8-24-43-40(27)41(28)44-38/h1-11,13-25,30,34H,12H2. The van der Waals surface area contributed by atoms with Crippen LogP contribution >= 0.6 is 0 Å². The molecule has 0 N–H and O–H groups in total. The molecule has 4 aromatic carbocycles. The van der Waals surface area contributed by atoms with E-state index >= 15 is 0 Å². The van der Waals surface area contributed by atoms with Crippen molar-refractivity contribution in [3.8, 4) is 11.3 Å². The molecule has 1 spiro atoms. The highest BCUT2D eigenvalue weighted by Gasteiger charge is 2.56. The Morgan fingerprint density at radius 1 is 0.682 bits per heavy atom. The van der Waals surface area contributed by atoms with Gasteiger partial charge in [-0.3, -0.25) is 4.98 Å². The van der Waals surface area contributed by atoms with Crippen LogP contribution in [-0.2, 0) is 5.41 Å². The van der Waals surface area contributed by atoms with Crippen LogP contribution in [-0.4, -0.2) is 9.97 Å². The molecule has 2 heterocycles. The van der Waals surface area contributed by atoms with Gasteiger partial charge in [-0.25, -0.2) is 4.98 Å². The molecule has 2 heteroatoms. The highest BCUT2D eigenvalue weighted by Crippen LogP contribution is 2.64. The first-order valence-corrected chi connectivity index (χ1v) is 15.6. The van der Waals surface area contributed by atoms with E-state index in [0.717, 1.165) is 39.5 Å². The Morgan fingerprint density at radius 2 is 1.52 bits per heavy atom. The van der Waals surface area contributed by atoms with Gasteiger partial charge in [-0.1, -0.05) is 121 Å². The van der Waals surface area contributed by atoms with E-state index in [2.05, 4.69) is 134 Å². The maximum absolute atomic E-state index is 5.27. The molecule has 2 nitrogen and oxygen atoms in total. The SMILES string of the molecule is C1=CCC2=C(C=C1)C1(c3cc(-c4ccc5ccc6cccnc6c5n4)ccc3C3C=CC=CC31)c1cccc3cccc2c13. The summed E-state index contributed by atoms with van der Waals surface area (Å²) < 4.78 is 0. The zero-order valence-corrected chi connectivity index (χ0v) is 24.1. The molecule has 0 aliphatic heterocycles. The Kier molecular flexibility index (Phi) is 4.85. The summed E-state index contributed by atoms with van der Waals surface area (Å²) in [6, 6.07) is 33.7. The normalized spacial score (nSPS) is 22.5. The van der Waals surface area contributed by atoms with Crippen molar-refractivity contribution in [1.82, 2.24) is 9.97 Å². The first kappa shape index (κ1) is 24.1. The van der Waals surface area contributed by atoms with E-state index < -0.39 is 0 Å². The molecular formula is C42H28N2. The molecule has 2 aromatic heterocycles. The van der Waals surface area contributed by atoms with E-state index in [9.17, 15) is 0 Å². The van der Waals surface area contributed by atoms with Gasteiger partial charge in [0.15, 0.2) is 0 Å². The summed E-state index contributed by atoms with van der Waals surface area (Å²) in [7, 11) is 0. The van der Waals surface area contributed by atoms with E-state index in [4.69, 9.17) is 9.97 Å².